The molecule has 2 aliphatic carbocycles. The number of hydrogen-bond donors (Lipinski definition) is 7. The van der Waals surface area contributed by atoms with Gasteiger partial charge in [-0.15, -0.1) is 0 Å². The van der Waals surface area contributed by atoms with E-state index in [-0.39, 0.29) is 162 Å². The number of phosphoric acid groups is 5. The number of ether oxygens (including phenoxy) is 18. The lowest BCUT2D eigenvalue weighted by Gasteiger charge is -2.36. The molecule has 7 unspecified atom stereocenters. The maximum absolute atomic E-state index is 12.5. The van der Waals surface area contributed by atoms with Gasteiger partial charge in [0.05, 0.1) is 184 Å². The van der Waals surface area contributed by atoms with Crippen LogP contribution in [-0.4, -0.2) is 332 Å². The second-order valence-corrected chi connectivity index (χ2v) is 49.2. The van der Waals surface area contributed by atoms with Crippen molar-refractivity contribution in [3.8, 4) is 0 Å². The third kappa shape index (κ3) is 41.4. The molecule has 10 rings (SSSR count). The first-order valence-corrected chi connectivity index (χ1v) is 58.2. The molecule has 0 aromatic heterocycles. The van der Waals surface area contributed by atoms with E-state index in [1.54, 1.807) is 145 Å². The standard InChI is InChI=1S/C19H36NO9P.C19H36NO8P.C19H35O10P.C18H34NO10P.C18H33O10P/c1-11(2)24-10-19(9-20)16(8-14(6)27-19)28-30(22,23)29-18(21)17-15(25-12(3)4)7-13(5)26-17;1-11(2)24-10-19(20)9-13(5)7-16(19)27-29(22,23)28-18(21)17-15(25-12(3)4)8-14(6)26-17;1-10(2)25-9-19(22)15(7-12(5)17(19)20)28-30(23,24)29-18(21)16-14(26-11(3)4)8-13(6)27-16;1-9(2)24-8-18(21)16(14(19)12(6)27-18)28-30(22,23)29-17(20)15-13(25-10(3)4)7-11(5)26-15;1-10(2)23-9-18(20)15(8-13(6)26-18)27-29(21,22)28-17(19)16-14(24-11(3)4)7-12(5)25-16/h11-17H,7-10,20H2,1-6H3,(H,22,23);11-17H,7-10,20H2,1-6H3,(H,22,23);10-17,20,22H,7-9H2,1-6H3,(H,23,24);9-16,21H,7-8,19H2,1-6H3,(H,22,23);10-16,20H,7-9H2,1-6H3,(H,21,22)/p-5/t13-,14-,15+,16+,17-,19+;13-,14-,15+,16+,17-,19-;12-,13-,14+,15+,16-,17?,19-;11-,12-,13+,14?,15-,16+,18+;12-,13-,14+,15+,16-,18+/m00000/s1. The fourth-order valence-electron chi connectivity index (χ4n) is 18.3. The summed E-state index contributed by atoms with van der Waals surface area (Å²) in [5.74, 6) is -9.92. The van der Waals surface area contributed by atoms with E-state index >= 15 is 0 Å². The third-order valence-electron chi connectivity index (χ3n) is 24.6. The first kappa shape index (κ1) is 134. The number of aliphatic hydroxyl groups is 4. The second kappa shape index (κ2) is 57.2. The summed E-state index contributed by atoms with van der Waals surface area (Å²) in [5, 5.41) is 42.6. The molecular formula is C93H169N3O47P5-5. The molecule has 0 bridgehead atoms. The zero-order valence-electron chi connectivity index (χ0n) is 91.0. The molecule has 50 nitrogen and oxygen atoms in total. The van der Waals surface area contributed by atoms with Gasteiger partial charge < -0.3 is 188 Å². The Morgan fingerprint density at radius 2 is 0.628 bits per heavy atom. The highest BCUT2D eigenvalue weighted by Gasteiger charge is 2.60. The third-order valence-corrected chi connectivity index (χ3v) is 29.1. The van der Waals surface area contributed by atoms with Gasteiger partial charge in [-0.05, 0) is 225 Å². The summed E-state index contributed by atoms with van der Waals surface area (Å²) in [6.45, 7) is 52.5. The van der Waals surface area contributed by atoms with E-state index in [4.69, 9.17) is 134 Å². The summed E-state index contributed by atoms with van der Waals surface area (Å²) in [6, 6.07) is -1.01. The lowest BCUT2D eigenvalue weighted by molar-refractivity contribution is -0.273. The van der Waals surface area contributed by atoms with Crippen molar-refractivity contribution in [2.24, 2.45) is 29.0 Å². The average Bonchev–Trinajstić information content (AvgIpc) is 1.62. The van der Waals surface area contributed by atoms with Crippen LogP contribution in [0.4, 0.5) is 0 Å². The van der Waals surface area contributed by atoms with E-state index in [1.165, 1.54) is 0 Å². The summed E-state index contributed by atoms with van der Waals surface area (Å²) < 4.78 is 211. The maximum Gasteiger partial charge on any atom is 0.343 e. The minimum Gasteiger partial charge on any atom is -0.746 e. The highest BCUT2D eigenvalue weighted by molar-refractivity contribution is 7.47. The molecule has 10 fully saturated rings. The minimum atomic E-state index is -5.23. The lowest BCUT2D eigenvalue weighted by Crippen LogP contribution is -2.52. The Labute approximate surface area is 869 Å². The summed E-state index contributed by atoms with van der Waals surface area (Å²) in [5.41, 5.74) is 14.1. The second-order valence-electron chi connectivity index (χ2n) is 42.7. The maximum atomic E-state index is 12.5. The normalized spacial score (nSPS) is 37.7. The first-order valence-electron chi connectivity index (χ1n) is 50.9. The van der Waals surface area contributed by atoms with Crippen molar-refractivity contribution in [2.75, 3.05) is 39.6 Å². The highest BCUT2D eigenvalue weighted by atomic mass is 31.2. The molecule has 0 amide bonds. The predicted octanol–water partition coefficient (Wildman–Crippen LogP) is 5.59. The lowest BCUT2D eigenvalue weighted by atomic mass is 9.97. The number of carbonyl (C=O) groups is 5. The van der Waals surface area contributed by atoms with Gasteiger partial charge in [-0.1, -0.05) is 13.8 Å². The number of carbonyl (C=O) groups excluding carboxylic acids is 5. The van der Waals surface area contributed by atoms with Crippen LogP contribution in [0.25, 0.3) is 0 Å². The quantitative estimate of drug-likeness (QED) is 0.0365. The SMILES string of the molecule is CC(C)OC[C@@]1(CN)O[C@@H](C)C[C@H]1OP(=O)([O-])OC(=O)[C@H]1O[C@@H](C)C[C@H]1OC(C)C.CC(C)OC[C@@]1(N)C[C@@H](C)C[C@H]1OP(=O)([O-])OC(=O)[C@H]1O[C@@H](C)C[C@H]1OC(C)C.CC(C)OC[C@@]1(O)C(O)[C@@H](C)C[C@H]1OP(=O)([O-])OC(=O)[C@H]1O[C@@H](C)C[C@H]1OC(C)C.CC(C)OC[C@@]1(O)O[C@@H](C)C(N)[C@H]1OP(=O)([O-])OC(=O)[C@H]1O[C@@H](C)C[C@H]1OC(C)C.CC(C)OC[C@@]1(O)O[C@@H](C)C[C@H]1OP(=O)([O-])OC(=O)[C@H]1O[C@@H](C)C[C@H]1OC(C)C. The first-order chi connectivity index (χ1) is 68.0. The molecule has 10 aliphatic rings. The summed E-state index contributed by atoms with van der Waals surface area (Å²) in [4.78, 5) is 125. The van der Waals surface area contributed by atoms with Crippen molar-refractivity contribution in [1.29, 1.82) is 0 Å². The van der Waals surface area contributed by atoms with Crippen molar-refractivity contribution in [2.45, 2.75) is 514 Å². The van der Waals surface area contributed by atoms with Gasteiger partial charge in [0.15, 0.2) is 30.5 Å². The smallest absolute Gasteiger partial charge is 0.343 e. The molecule has 8 saturated heterocycles. The Kier molecular flexibility index (Phi) is 51.7. The van der Waals surface area contributed by atoms with Gasteiger partial charge in [0.2, 0.25) is 11.6 Å². The van der Waals surface area contributed by atoms with Gasteiger partial charge in [-0.25, -0.2) is 24.0 Å². The van der Waals surface area contributed by atoms with Gasteiger partial charge in [0.25, 0.3) is 0 Å². The van der Waals surface area contributed by atoms with E-state index in [0.717, 1.165) is 0 Å². The van der Waals surface area contributed by atoms with Crippen LogP contribution in [-0.2, 0) is 177 Å². The Balaban J connectivity index is 0.000000282. The molecule has 0 aromatic rings. The van der Waals surface area contributed by atoms with Crippen molar-refractivity contribution in [1.82, 2.24) is 0 Å². The van der Waals surface area contributed by atoms with Gasteiger partial charge >= 0.3 is 69.0 Å². The fraction of sp³-hybridized carbons (Fsp3) is 0.946. The fourth-order valence-corrected chi connectivity index (χ4v) is 23.1. The Morgan fingerprint density at radius 3 is 0.959 bits per heavy atom. The van der Waals surface area contributed by atoms with Crippen LogP contribution in [0.15, 0.2) is 0 Å². The van der Waals surface area contributed by atoms with E-state index < -0.39 is 219 Å². The van der Waals surface area contributed by atoms with Crippen LogP contribution in [0.1, 0.15) is 272 Å². The van der Waals surface area contributed by atoms with Gasteiger partial charge in [0, 0.05) is 51.5 Å². The average molecular weight is 2240 g/mol. The molecule has 868 valence electrons. The molecule has 148 heavy (non-hydrogen) atoms. The molecular weight excluding hydrogens is 2070 g/mol. The molecule has 37 atom stereocenters. The van der Waals surface area contributed by atoms with E-state index in [1.807, 2.05) is 62.3 Å². The Hall–Kier alpha value is -2.90. The highest BCUT2D eigenvalue weighted by Crippen LogP contribution is 2.54. The minimum absolute atomic E-state index is 0.0176. The largest absolute Gasteiger partial charge is 0.746 e. The van der Waals surface area contributed by atoms with Crippen LogP contribution >= 0.6 is 39.1 Å². The summed E-state index contributed by atoms with van der Waals surface area (Å²) in [6.07, 6.45) is -17.2. The molecule has 8 aliphatic heterocycles. The summed E-state index contributed by atoms with van der Waals surface area (Å²) in [7, 11) is -25.5. The van der Waals surface area contributed by atoms with E-state index in [2.05, 4.69) is 13.6 Å². The molecule has 0 radical (unpaired) electrons. The Morgan fingerprint density at radius 1 is 0.345 bits per heavy atom. The monoisotopic (exact) mass is 2230 g/mol. The number of aliphatic hydroxyl groups excluding tert-OH is 1. The van der Waals surface area contributed by atoms with Crippen molar-refractivity contribution < 1.29 is 222 Å². The van der Waals surface area contributed by atoms with Crippen molar-refractivity contribution in [3.05, 3.63) is 0 Å². The predicted molar refractivity (Wildman–Crippen MR) is 514 cm³/mol. The molecule has 55 heteroatoms. The summed E-state index contributed by atoms with van der Waals surface area (Å²) >= 11 is 0. The van der Waals surface area contributed by atoms with Crippen molar-refractivity contribution >= 4 is 69.0 Å². The molecule has 10 N–H and O–H groups in total. The number of phosphoric ester groups is 5. The van der Waals surface area contributed by atoms with Crippen LogP contribution in [0.3, 0.4) is 0 Å². The van der Waals surface area contributed by atoms with Crippen molar-refractivity contribution in [3.63, 3.8) is 0 Å². The zero-order valence-corrected chi connectivity index (χ0v) is 95.5. The molecule has 8 heterocycles. The molecule has 0 spiro atoms. The van der Waals surface area contributed by atoms with E-state index in [9.17, 15) is 91.7 Å². The van der Waals surface area contributed by atoms with Gasteiger partial charge in [-0.3, -0.25) is 27.3 Å². The van der Waals surface area contributed by atoms with Gasteiger partial charge in [-0.2, -0.15) is 0 Å². The van der Waals surface area contributed by atoms with Crippen LogP contribution in [0.5, 0.6) is 0 Å². The topological polar surface area (TPSA) is 703 Å². The zero-order chi connectivity index (χ0) is 112. The Bertz CT molecular complexity index is 4190. The number of nitrogens with two attached hydrogens (primary N) is 3. The molecule has 0 aromatic carbocycles. The molecule has 2 saturated carbocycles. The van der Waals surface area contributed by atoms with E-state index in [0.29, 0.717) is 44.9 Å². The van der Waals surface area contributed by atoms with Gasteiger partial charge in [0.1, 0.15) is 48.8 Å². The number of hydrogen-bond acceptors (Lipinski definition) is 50. The number of rotatable bonds is 46. The van der Waals surface area contributed by atoms with Crippen LogP contribution in [0, 0.1) is 11.8 Å². The van der Waals surface area contributed by atoms with Crippen LogP contribution < -0.4 is 41.7 Å². The van der Waals surface area contributed by atoms with Crippen LogP contribution in [0.2, 0.25) is 0 Å².